The number of benzene rings is 1. The molecule has 0 aliphatic carbocycles. The molecule has 0 amide bonds. The molecule has 0 saturated carbocycles. The van der Waals surface area contributed by atoms with E-state index >= 15 is 0 Å². The number of rotatable bonds is 4. The first kappa shape index (κ1) is 13.1. The topological polar surface area (TPSA) is 88.4 Å². The number of aliphatic hydroxyl groups is 3. The second-order valence-corrected chi connectivity index (χ2v) is 4.00. The van der Waals surface area contributed by atoms with Gasteiger partial charge in [0.2, 0.25) is 6.29 Å². The van der Waals surface area contributed by atoms with Crippen LogP contribution in [-0.2, 0) is 4.74 Å². The Morgan fingerprint density at radius 3 is 2.22 bits per heavy atom. The maximum Gasteiger partial charge on any atom is 0.229 e. The molecule has 1 saturated heterocycles. The largest absolute Gasteiger partial charge is 0.497 e. The van der Waals surface area contributed by atoms with Gasteiger partial charge in [0.1, 0.15) is 29.8 Å². The molecule has 1 aromatic carbocycles. The Bertz CT molecular complexity index is 379. The van der Waals surface area contributed by atoms with Crippen molar-refractivity contribution in [3.63, 3.8) is 0 Å². The quantitative estimate of drug-likeness (QED) is 0.674. The van der Waals surface area contributed by atoms with Crippen molar-refractivity contribution in [3.05, 3.63) is 24.3 Å². The molecule has 18 heavy (non-hydrogen) atoms. The van der Waals surface area contributed by atoms with Gasteiger partial charge >= 0.3 is 0 Å². The zero-order valence-electron chi connectivity index (χ0n) is 9.89. The summed E-state index contributed by atoms with van der Waals surface area (Å²) in [5.74, 6) is 1.16. The third-order valence-corrected chi connectivity index (χ3v) is 2.81. The summed E-state index contributed by atoms with van der Waals surface area (Å²) < 4.78 is 15.6. The predicted octanol–water partition coefficient (Wildman–Crippen LogP) is -0.487. The molecule has 1 aliphatic heterocycles. The van der Waals surface area contributed by atoms with Crippen LogP contribution in [0.4, 0.5) is 0 Å². The molecule has 6 heteroatoms. The van der Waals surface area contributed by atoms with Crippen LogP contribution in [0.25, 0.3) is 0 Å². The summed E-state index contributed by atoms with van der Waals surface area (Å²) in [7, 11) is 1.56. The Kier molecular flexibility index (Phi) is 4.03. The lowest BCUT2D eigenvalue weighted by Crippen LogP contribution is -2.35. The van der Waals surface area contributed by atoms with E-state index in [-0.39, 0.29) is 6.61 Å². The fraction of sp³-hybridized carbons (Fsp3) is 0.500. The second-order valence-electron chi connectivity index (χ2n) is 4.00. The van der Waals surface area contributed by atoms with Gasteiger partial charge in [-0.15, -0.1) is 0 Å². The molecule has 0 aromatic heterocycles. The lowest BCUT2D eigenvalue weighted by Gasteiger charge is -2.16. The van der Waals surface area contributed by atoms with Crippen LogP contribution in [0.15, 0.2) is 24.3 Å². The van der Waals surface area contributed by atoms with Gasteiger partial charge in [-0.2, -0.15) is 0 Å². The molecule has 0 radical (unpaired) electrons. The number of ether oxygens (including phenoxy) is 3. The molecule has 1 aromatic rings. The standard InChI is InChI=1S/C12H16O6/c1-16-7-2-4-8(5-3-7)17-12-11(15)10(14)9(6-13)18-12/h2-5,9-15H,6H2,1H3/t9-,10-,11-,12-/m1/s1. The number of aliphatic hydroxyl groups excluding tert-OH is 3. The van der Waals surface area contributed by atoms with E-state index in [2.05, 4.69) is 0 Å². The van der Waals surface area contributed by atoms with Gasteiger partial charge in [-0.1, -0.05) is 0 Å². The molecule has 1 heterocycles. The third-order valence-electron chi connectivity index (χ3n) is 2.81. The van der Waals surface area contributed by atoms with E-state index < -0.39 is 24.6 Å². The van der Waals surface area contributed by atoms with Gasteiger partial charge in [-0.05, 0) is 24.3 Å². The average Bonchev–Trinajstić information content (AvgIpc) is 2.67. The van der Waals surface area contributed by atoms with E-state index in [1.54, 1.807) is 31.4 Å². The minimum absolute atomic E-state index is 0.374. The monoisotopic (exact) mass is 256 g/mol. The number of hydrogen-bond donors (Lipinski definition) is 3. The van der Waals surface area contributed by atoms with Crippen molar-refractivity contribution in [2.45, 2.75) is 24.6 Å². The Morgan fingerprint density at radius 2 is 1.72 bits per heavy atom. The molecular weight excluding hydrogens is 240 g/mol. The van der Waals surface area contributed by atoms with Crippen molar-refractivity contribution in [3.8, 4) is 11.5 Å². The van der Waals surface area contributed by atoms with Crippen LogP contribution in [0.1, 0.15) is 0 Å². The van der Waals surface area contributed by atoms with Crippen LogP contribution in [0.5, 0.6) is 11.5 Å². The Hall–Kier alpha value is -1.34. The molecule has 1 fully saturated rings. The van der Waals surface area contributed by atoms with Gasteiger partial charge in [0, 0.05) is 0 Å². The first-order chi connectivity index (χ1) is 8.65. The molecule has 2 rings (SSSR count). The highest BCUT2D eigenvalue weighted by atomic mass is 16.7. The molecule has 3 N–H and O–H groups in total. The van der Waals surface area contributed by atoms with Gasteiger partial charge in [-0.25, -0.2) is 0 Å². The molecule has 0 bridgehead atoms. The van der Waals surface area contributed by atoms with E-state index in [1.165, 1.54) is 0 Å². The smallest absolute Gasteiger partial charge is 0.229 e. The van der Waals surface area contributed by atoms with E-state index in [4.69, 9.17) is 19.3 Å². The Morgan fingerprint density at radius 1 is 1.11 bits per heavy atom. The van der Waals surface area contributed by atoms with Crippen LogP contribution >= 0.6 is 0 Å². The van der Waals surface area contributed by atoms with Crippen molar-refractivity contribution >= 4 is 0 Å². The number of hydrogen-bond acceptors (Lipinski definition) is 6. The van der Waals surface area contributed by atoms with Crippen LogP contribution in [0.3, 0.4) is 0 Å². The summed E-state index contributed by atoms with van der Waals surface area (Å²) in [6, 6.07) is 6.73. The SMILES string of the molecule is COc1ccc(O[C@@H]2O[C@H](CO)[C@@H](O)[C@H]2O)cc1. The van der Waals surface area contributed by atoms with Gasteiger partial charge in [0.25, 0.3) is 0 Å². The van der Waals surface area contributed by atoms with E-state index in [0.29, 0.717) is 11.5 Å². The van der Waals surface area contributed by atoms with Crippen molar-refractivity contribution < 1.29 is 29.5 Å². The summed E-state index contributed by atoms with van der Waals surface area (Å²) in [4.78, 5) is 0. The minimum Gasteiger partial charge on any atom is -0.497 e. The fourth-order valence-corrected chi connectivity index (χ4v) is 1.75. The molecule has 100 valence electrons. The van der Waals surface area contributed by atoms with Crippen LogP contribution in [-0.4, -0.2) is 53.6 Å². The first-order valence-electron chi connectivity index (χ1n) is 5.59. The third kappa shape index (κ3) is 2.56. The molecule has 1 aliphatic rings. The number of methoxy groups -OCH3 is 1. The average molecular weight is 256 g/mol. The van der Waals surface area contributed by atoms with E-state index in [1.807, 2.05) is 0 Å². The van der Waals surface area contributed by atoms with Gasteiger partial charge in [0.15, 0.2) is 0 Å². The van der Waals surface area contributed by atoms with E-state index in [9.17, 15) is 10.2 Å². The van der Waals surface area contributed by atoms with Crippen molar-refractivity contribution in [2.24, 2.45) is 0 Å². The van der Waals surface area contributed by atoms with Gasteiger partial charge in [0.05, 0.1) is 13.7 Å². The maximum absolute atomic E-state index is 9.69. The highest BCUT2D eigenvalue weighted by Crippen LogP contribution is 2.25. The summed E-state index contributed by atoms with van der Waals surface area (Å²) >= 11 is 0. The molecular formula is C12H16O6. The lowest BCUT2D eigenvalue weighted by atomic mass is 10.1. The molecule has 0 spiro atoms. The van der Waals surface area contributed by atoms with Gasteiger partial charge in [-0.3, -0.25) is 0 Å². The molecule has 6 nitrogen and oxygen atoms in total. The lowest BCUT2D eigenvalue weighted by molar-refractivity contribution is -0.116. The van der Waals surface area contributed by atoms with Crippen molar-refractivity contribution in [1.29, 1.82) is 0 Å². The van der Waals surface area contributed by atoms with Crippen LogP contribution in [0, 0.1) is 0 Å². The normalized spacial score (nSPS) is 31.3. The zero-order valence-corrected chi connectivity index (χ0v) is 9.89. The summed E-state index contributed by atoms with van der Waals surface area (Å²) in [5, 5.41) is 28.2. The van der Waals surface area contributed by atoms with Gasteiger partial charge < -0.3 is 29.5 Å². The summed E-state index contributed by atoms with van der Waals surface area (Å²) in [5.41, 5.74) is 0. The molecule has 4 atom stereocenters. The molecule has 0 unspecified atom stereocenters. The predicted molar refractivity (Wildman–Crippen MR) is 61.4 cm³/mol. The minimum atomic E-state index is -1.19. The van der Waals surface area contributed by atoms with Crippen LogP contribution < -0.4 is 9.47 Å². The zero-order chi connectivity index (χ0) is 13.1. The first-order valence-corrected chi connectivity index (χ1v) is 5.59. The fourth-order valence-electron chi connectivity index (χ4n) is 1.75. The second kappa shape index (κ2) is 5.53. The Balaban J connectivity index is 2.00. The van der Waals surface area contributed by atoms with Crippen molar-refractivity contribution in [2.75, 3.05) is 13.7 Å². The highest BCUT2D eigenvalue weighted by molar-refractivity contribution is 5.31. The maximum atomic E-state index is 9.69. The summed E-state index contributed by atoms with van der Waals surface area (Å²) in [6.07, 6.45) is -4.17. The summed E-state index contributed by atoms with van der Waals surface area (Å²) in [6.45, 7) is -0.374. The van der Waals surface area contributed by atoms with E-state index in [0.717, 1.165) is 0 Å². The Labute approximate surface area is 104 Å². The van der Waals surface area contributed by atoms with Crippen molar-refractivity contribution in [1.82, 2.24) is 0 Å². The van der Waals surface area contributed by atoms with Crippen LogP contribution in [0.2, 0.25) is 0 Å². The highest BCUT2D eigenvalue weighted by Gasteiger charge is 2.43.